The number of benzene rings is 1. The predicted octanol–water partition coefficient (Wildman–Crippen LogP) is 3.28. The summed E-state index contributed by atoms with van der Waals surface area (Å²) in [5.74, 6) is 0.317. The zero-order valence-corrected chi connectivity index (χ0v) is 11.0. The highest BCUT2D eigenvalue weighted by Gasteiger charge is 2.02. The lowest BCUT2D eigenvalue weighted by Crippen LogP contribution is -1.97. The molecule has 3 nitrogen and oxygen atoms in total. The molecule has 1 aromatic heterocycles. The van der Waals surface area contributed by atoms with E-state index < -0.39 is 0 Å². The van der Waals surface area contributed by atoms with Crippen molar-refractivity contribution in [3.63, 3.8) is 0 Å². The summed E-state index contributed by atoms with van der Waals surface area (Å²) in [6, 6.07) is 9.97. The Bertz CT molecular complexity index is 496. The molecule has 2 aromatic rings. The zero-order valence-electron chi connectivity index (χ0n) is 8.64. The van der Waals surface area contributed by atoms with Gasteiger partial charge in [-0.25, -0.2) is 9.97 Å². The second-order valence-electron chi connectivity index (χ2n) is 3.27. The van der Waals surface area contributed by atoms with Crippen LogP contribution in [-0.4, -0.2) is 9.97 Å². The topological polar surface area (TPSA) is 51.8 Å². The Labute approximate surface area is 107 Å². The SMILES string of the molecule is Cc1cc(Sc2cccc(Br)c2)nc(N)n1. The van der Waals surface area contributed by atoms with Gasteiger partial charge in [0.25, 0.3) is 0 Å². The summed E-state index contributed by atoms with van der Waals surface area (Å²) in [7, 11) is 0. The van der Waals surface area contributed by atoms with Crippen molar-refractivity contribution in [2.24, 2.45) is 0 Å². The molecule has 1 aromatic carbocycles. The Morgan fingerprint density at radius 3 is 2.75 bits per heavy atom. The van der Waals surface area contributed by atoms with E-state index in [0.717, 1.165) is 20.1 Å². The Morgan fingerprint density at radius 1 is 1.25 bits per heavy atom. The highest BCUT2D eigenvalue weighted by atomic mass is 79.9. The Morgan fingerprint density at radius 2 is 2.06 bits per heavy atom. The van der Waals surface area contributed by atoms with E-state index in [1.165, 1.54) is 0 Å². The van der Waals surface area contributed by atoms with Gasteiger partial charge >= 0.3 is 0 Å². The number of nitrogens with zero attached hydrogens (tertiary/aromatic N) is 2. The Balaban J connectivity index is 2.27. The fraction of sp³-hybridized carbons (Fsp3) is 0.0909. The molecule has 5 heteroatoms. The third-order valence-electron chi connectivity index (χ3n) is 1.87. The van der Waals surface area contributed by atoms with Crippen molar-refractivity contribution in [2.45, 2.75) is 16.8 Å². The van der Waals surface area contributed by atoms with Crippen molar-refractivity contribution >= 4 is 33.6 Å². The van der Waals surface area contributed by atoms with Crippen LogP contribution < -0.4 is 5.73 Å². The van der Waals surface area contributed by atoms with E-state index in [-0.39, 0.29) is 0 Å². The van der Waals surface area contributed by atoms with Crippen LogP contribution >= 0.6 is 27.7 Å². The maximum atomic E-state index is 5.60. The summed E-state index contributed by atoms with van der Waals surface area (Å²) < 4.78 is 1.05. The highest BCUT2D eigenvalue weighted by molar-refractivity contribution is 9.10. The van der Waals surface area contributed by atoms with Crippen LogP contribution in [0.15, 0.2) is 44.7 Å². The second-order valence-corrected chi connectivity index (χ2v) is 5.27. The van der Waals surface area contributed by atoms with Crippen LogP contribution in [0.1, 0.15) is 5.69 Å². The molecule has 0 unspecified atom stereocenters. The van der Waals surface area contributed by atoms with Gasteiger partial charge in [0.15, 0.2) is 0 Å². The van der Waals surface area contributed by atoms with E-state index in [9.17, 15) is 0 Å². The van der Waals surface area contributed by atoms with Gasteiger partial charge in [-0.3, -0.25) is 0 Å². The van der Waals surface area contributed by atoms with Gasteiger partial charge in [-0.2, -0.15) is 0 Å². The average molecular weight is 296 g/mol. The number of hydrogen-bond acceptors (Lipinski definition) is 4. The summed E-state index contributed by atoms with van der Waals surface area (Å²) >= 11 is 5.00. The van der Waals surface area contributed by atoms with Gasteiger partial charge in [0.2, 0.25) is 5.95 Å². The van der Waals surface area contributed by atoms with Crippen molar-refractivity contribution in [3.8, 4) is 0 Å². The lowest BCUT2D eigenvalue weighted by Gasteiger charge is -2.03. The van der Waals surface area contributed by atoms with Gasteiger partial charge in [-0.1, -0.05) is 33.8 Å². The molecule has 0 bridgehead atoms. The molecule has 0 spiro atoms. The molecule has 82 valence electrons. The van der Waals surface area contributed by atoms with Crippen LogP contribution in [0.5, 0.6) is 0 Å². The largest absolute Gasteiger partial charge is 0.368 e. The minimum absolute atomic E-state index is 0.317. The smallest absolute Gasteiger partial charge is 0.221 e. The quantitative estimate of drug-likeness (QED) is 0.864. The lowest BCUT2D eigenvalue weighted by atomic mass is 10.4. The first-order chi connectivity index (χ1) is 7.63. The number of nitrogens with two attached hydrogens (primary N) is 1. The number of rotatable bonds is 2. The third-order valence-corrected chi connectivity index (χ3v) is 3.27. The fourth-order valence-electron chi connectivity index (χ4n) is 1.27. The molecule has 0 fully saturated rings. The van der Waals surface area contributed by atoms with Crippen molar-refractivity contribution in [1.82, 2.24) is 9.97 Å². The molecule has 0 aliphatic carbocycles. The van der Waals surface area contributed by atoms with Gasteiger partial charge in [0.05, 0.1) is 0 Å². The first-order valence-corrected chi connectivity index (χ1v) is 6.29. The molecule has 0 aliphatic heterocycles. The van der Waals surface area contributed by atoms with Crippen LogP contribution in [0.3, 0.4) is 0 Å². The summed E-state index contributed by atoms with van der Waals surface area (Å²) in [6.07, 6.45) is 0. The molecule has 2 N–H and O–H groups in total. The first-order valence-electron chi connectivity index (χ1n) is 4.68. The number of aromatic nitrogens is 2. The van der Waals surface area contributed by atoms with Gasteiger partial charge in [0.1, 0.15) is 5.03 Å². The maximum Gasteiger partial charge on any atom is 0.221 e. The summed E-state index contributed by atoms with van der Waals surface area (Å²) in [4.78, 5) is 9.33. The minimum Gasteiger partial charge on any atom is -0.368 e. The molecule has 16 heavy (non-hydrogen) atoms. The van der Waals surface area contributed by atoms with Gasteiger partial charge in [0, 0.05) is 15.1 Å². The standard InChI is InChI=1S/C11H10BrN3S/c1-7-5-10(15-11(13)14-7)16-9-4-2-3-8(12)6-9/h2-6H,1H3,(H2,13,14,15). The molecule has 0 saturated heterocycles. The van der Waals surface area contributed by atoms with E-state index in [1.807, 2.05) is 37.3 Å². The number of anilines is 1. The Kier molecular flexibility index (Phi) is 3.46. The number of aryl methyl sites for hydroxylation is 1. The molecule has 2 rings (SSSR count). The summed E-state index contributed by atoms with van der Waals surface area (Å²) in [6.45, 7) is 1.91. The van der Waals surface area contributed by atoms with Crippen molar-refractivity contribution in [2.75, 3.05) is 5.73 Å². The van der Waals surface area contributed by atoms with Crippen molar-refractivity contribution in [3.05, 3.63) is 40.5 Å². The molecule has 0 saturated carbocycles. The maximum absolute atomic E-state index is 5.60. The van der Waals surface area contributed by atoms with Gasteiger partial charge in [-0.05, 0) is 31.2 Å². The lowest BCUT2D eigenvalue weighted by molar-refractivity contribution is 1.02. The van der Waals surface area contributed by atoms with Gasteiger partial charge < -0.3 is 5.73 Å². The van der Waals surface area contributed by atoms with E-state index in [0.29, 0.717) is 5.95 Å². The van der Waals surface area contributed by atoms with Crippen molar-refractivity contribution < 1.29 is 0 Å². The zero-order chi connectivity index (χ0) is 11.5. The highest BCUT2D eigenvalue weighted by Crippen LogP contribution is 2.28. The number of nitrogen functional groups attached to an aromatic ring is 1. The fourth-order valence-corrected chi connectivity index (χ4v) is 2.76. The van der Waals surface area contributed by atoms with Crippen LogP contribution in [-0.2, 0) is 0 Å². The molecule has 0 atom stereocenters. The molecular weight excluding hydrogens is 286 g/mol. The normalized spacial score (nSPS) is 10.4. The molecular formula is C11H10BrN3S. The predicted molar refractivity (Wildman–Crippen MR) is 69.4 cm³/mol. The van der Waals surface area contributed by atoms with Crippen LogP contribution in [0, 0.1) is 6.92 Å². The second kappa shape index (κ2) is 4.84. The van der Waals surface area contributed by atoms with E-state index in [4.69, 9.17) is 5.73 Å². The molecule has 0 aliphatic rings. The van der Waals surface area contributed by atoms with E-state index >= 15 is 0 Å². The van der Waals surface area contributed by atoms with E-state index in [1.54, 1.807) is 11.8 Å². The minimum atomic E-state index is 0.317. The molecule has 1 heterocycles. The Hall–Kier alpha value is -1.07. The summed E-state index contributed by atoms with van der Waals surface area (Å²) in [5.41, 5.74) is 6.48. The van der Waals surface area contributed by atoms with Crippen LogP contribution in [0.2, 0.25) is 0 Å². The van der Waals surface area contributed by atoms with Crippen LogP contribution in [0.25, 0.3) is 0 Å². The molecule has 0 amide bonds. The average Bonchev–Trinajstić information content (AvgIpc) is 2.15. The van der Waals surface area contributed by atoms with Crippen LogP contribution in [0.4, 0.5) is 5.95 Å². The van der Waals surface area contributed by atoms with E-state index in [2.05, 4.69) is 25.9 Å². The van der Waals surface area contributed by atoms with Crippen molar-refractivity contribution in [1.29, 1.82) is 0 Å². The summed E-state index contributed by atoms with van der Waals surface area (Å²) in [5, 5.41) is 0.864. The third kappa shape index (κ3) is 2.96. The van der Waals surface area contributed by atoms with Gasteiger partial charge in [-0.15, -0.1) is 0 Å². The first kappa shape index (κ1) is 11.4. The monoisotopic (exact) mass is 295 g/mol. The number of halogens is 1. The number of hydrogen-bond donors (Lipinski definition) is 1. The molecule has 0 radical (unpaired) electrons.